The fourth-order valence-electron chi connectivity index (χ4n) is 7.10. The first-order chi connectivity index (χ1) is 41.8. The van der Waals surface area contributed by atoms with Crippen molar-refractivity contribution >= 4 is 46.3 Å². The Balaban J connectivity index is 3.42. The van der Waals surface area contributed by atoms with Gasteiger partial charge < -0.3 is 75.8 Å². The largest absolute Gasteiger partial charge is 0.379 e. The SMILES string of the molecule is CC(C)CCCOCCOCC(=O)CCCOCCOCC(=O)CCCOCCOCC(=O)CCCOCCOCC(=O)CCCOCCOCC(=O)CCCOCCOCC(=O)CCCOCCOCC(=O)CCCOCCOCC(=O)C(C)C. The first-order valence-electron chi connectivity index (χ1n) is 31.2. The third kappa shape index (κ3) is 65.2. The molecule has 24 heteroatoms. The first kappa shape index (κ1) is 82.7. The van der Waals surface area contributed by atoms with Gasteiger partial charge in [0.2, 0.25) is 0 Å². The van der Waals surface area contributed by atoms with Crippen molar-refractivity contribution < 1.29 is 114 Å². The van der Waals surface area contributed by atoms with E-state index in [2.05, 4.69) is 13.8 Å². The molecule has 0 N–H and O–H groups in total. The number of Topliss-reactive ketones (excluding diaryl/α,β-unsaturated/α-hetero) is 8. The molecule has 502 valence electrons. The Morgan fingerprint density at radius 2 is 0.372 bits per heavy atom. The maximum atomic E-state index is 12.1. The summed E-state index contributed by atoms with van der Waals surface area (Å²) in [6, 6.07) is 0. The zero-order chi connectivity index (χ0) is 63.0. The number of ether oxygens (including phenoxy) is 16. The molecule has 0 fully saturated rings. The zero-order valence-electron chi connectivity index (χ0n) is 52.9. The molecule has 0 aromatic rings. The zero-order valence-corrected chi connectivity index (χ0v) is 52.9. The van der Waals surface area contributed by atoms with Crippen molar-refractivity contribution in [1.82, 2.24) is 0 Å². The molecule has 0 aliphatic rings. The van der Waals surface area contributed by atoms with E-state index in [9.17, 15) is 38.4 Å². The van der Waals surface area contributed by atoms with Crippen LogP contribution in [0.5, 0.6) is 0 Å². The molecule has 24 nitrogen and oxygen atoms in total. The average Bonchev–Trinajstić information content (AvgIpc) is 3.48. The van der Waals surface area contributed by atoms with Crippen LogP contribution in [-0.4, -0.2) is 258 Å². The smallest absolute Gasteiger partial charge is 0.160 e. The molecular formula is C62H110O24. The van der Waals surface area contributed by atoms with Gasteiger partial charge in [-0.05, 0) is 63.7 Å². The third-order valence-corrected chi connectivity index (χ3v) is 12.0. The quantitative estimate of drug-likeness (QED) is 0.0693. The number of carbonyl (C=O) groups is 8. The number of carbonyl (C=O) groups excluding carboxylic acids is 8. The molecule has 0 aliphatic heterocycles. The second-order valence-corrected chi connectivity index (χ2v) is 21.0. The van der Waals surface area contributed by atoms with E-state index in [0.717, 1.165) is 12.8 Å². The topological polar surface area (TPSA) is 284 Å². The van der Waals surface area contributed by atoms with Gasteiger partial charge in [-0.2, -0.15) is 0 Å². The fraction of sp³-hybridized carbons (Fsp3) is 0.871. The highest BCUT2D eigenvalue weighted by Gasteiger charge is 2.11. The summed E-state index contributed by atoms with van der Waals surface area (Å²) in [5.41, 5.74) is 0. The van der Waals surface area contributed by atoms with Crippen LogP contribution in [0.25, 0.3) is 0 Å². The van der Waals surface area contributed by atoms with Gasteiger partial charge in [-0.15, -0.1) is 0 Å². The average molecular weight is 1240 g/mol. The van der Waals surface area contributed by atoms with E-state index in [4.69, 9.17) is 75.8 Å². The number of hydrogen-bond acceptors (Lipinski definition) is 24. The molecule has 0 bridgehead atoms. The Labute approximate surface area is 512 Å². The highest BCUT2D eigenvalue weighted by atomic mass is 16.6. The lowest BCUT2D eigenvalue weighted by Gasteiger charge is -2.08. The van der Waals surface area contributed by atoms with Crippen molar-refractivity contribution in [2.24, 2.45) is 11.8 Å². The van der Waals surface area contributed by atoms with E-state index < -0.39 is 0 Å². The normalized spacial score (nSPS) is 11.6. The van der Waals surface area contributed by atoms with E-state index in [1.54, 1.807) is 0 Å². The van der Waals surface area contributed by atoms with Crippen LogP contribution in [0.3, 0.4) is 0 Å². The van der Waals surface area contributed by atoms with Crippen LogP contribution in [0.15, 0.2) is 0 Å². The molecular weight excluding hydrogens is 1130 g/mol. The van der Waals surface area contributed by atoms with Crippen LogP contribution in [-0.2, 0) is 114 Å². The van der Waals surface area contributed by atoms with Crippen LogP contribution in [0, 0.1) is 11.8 Å². The van der Waals surface area contributed by atoms with E-state index >= 15 is 0 Å². The van der Waals surface area contributed by atoms with E-state index in [-0.39, 0.29) is 138 Å². The Hall–Kier alpha value is -3.28. The molecule has 0 heterocycles. The summed E-state index contributed by atoms with van der Waals surface area (Å²) < 4.78 is 86.7. The predicted molar refractivity (Wildman–Crippen MR) is 317 cm³/mol. The molecule has 0 saturated heterocycles. The van der Waals surface area contributed by atoms with Gasteiger partial charge in [-0.25, -0.2) is 0 Å². The molecule has 0 amide bonds. The van der Waals surface area contributed by atoms with E-state index in [1.807, 2.05) is 13.8 Å². The Morgan fingerprint density at radius 3 is 0.547 bits per heavy atom. The van der Waals surface area contributed by atoms with Gasteiger partial charge in [0.15, 0.2) is 46.3 Å². The van der Waals surface area contributed by atoms with Gasteiger partial charge in [0, 0.05) is 104 Å². The third-order valence-electron chi connectivity index (χ3n) is 12.0. The molecule has 0 atom stereocenters. The van der Waals surface area contributed by atoms with Crippen LogP contribution in [0.4, 0.5) is 0 Å². The molecule has 0 unspecified atom stereocenters. The number of rotatable bonds is 73. The Kier molecular flexibility index (Phi) is 62.2. The lowest BCUT2D eigenvalue weighted by atomic mass is 10.1. The van der Waals surface area contributed by atoms with Crippen molar-refractivity contribution in [3.63, 3.8) is 0 Å². The van der Waals surface area contributed by atoms with Crippen molar-refractivity contribution in [2.75, 3.05) is 211 Å². The van der Waals surface area contributed by atoms with Gasteiger partial charge in [0.05, 0.1) is 106 Å². The minimum atomic E-state index is -0.0493. The summed E-state index contributed by atoms with van der Waals surface area (Å²) in [6.07, 6.45) is 8.37. The molecule has 0 aromatic carbocycles. The van der Waals surface area contributed by atoms with Gasteiger partial charge in [0.25, 0.3) is 0 Å². The first-order valence-corrected chi connectivity index (χ1v) is 31.2. The van der Waals surface area contributed by atoms with E-state index in [0.29, 0.717) is 221 Å². The molecule has 0 rings (SSSR count). The summed E-state index contributed by atoms with van der Waals surface area (Å²) in [4.78, 5) is 95.7. The standard InChI is InChI=1S/C62H110O24/c1-53(2)13-5-21-71-29-37-79-45-55(63)14-6-22-72-30-38-80-46-56(64)15-7-23-73-31-39-81-47-57(65)16-8-24-74-32-40-82-48-58(66)17-9-25-75-33-41-83-49-59(67)18-10-26-76-34-42-84-50-60(68)19-11-27-77-35-43-85-51-61(69)20-12-28-78-36-44-86-52-62(70)54(3)4/h53-54H,5-52H2,1-4H3. The number of hydrogen-bond donors (Lipinski definition) is 0. The maximum Gasteiger partial charge on any atom is 0.160 e. The minimum Gasteiger partial charge on any atom is -0.379 e. The highest BCUT2D eigenvalue weighted by molar-refractivity contribution is 5.82. The summed E-state index contributed by atoms with van der Waals surface area (Å²) in [5.74, 6) is 0.473. The van der Waals surface area contributed by atoms with Crippen LogP contribution >= 0.6 is 0 Å². The van der Waals surface area contributed by atoms with E-state index in [1.165, 1.54) is 0 Å². The summed E-state index contributed by atoms with van der Waals surface area (Å²) in [5, 5.41) is 0. The number of ketones is 8. The molecule has 0 spiro atoms. The summed E-state index contributed by atoms with van der Waals surface area (Å²) in [6.45, 7) is 16.7. The van der Waals surface area contributed by atoms with Crippen molar-refractivity contribution in [3.05, 3.63) is 0 Å². The molecule has 0 aromatic heterocycles. The lowest BCUT2D eigenvalue weighted by Crippen LogP contribution is -2.17. The summed E-state index contributed by atoms with van der Waals surface area (Å²) in [7, 11) is 0. The van der Waals surface area contributed by atoms with Gasteiger partial charge in [-0.3, -0.25) is 38.4 Å². The Bertz CT molecular complexity index is 1660. The monoisotopic (exact) mass is 1240 g/mol. The lowest BCUT2D eigenvalue weighted by molar-refractivity contribution is -0.127. The minimum absolute atomic E-state index is 0.00574. The van der Waals surface area contributed by atoms with Gasteiger partial charge >= 0.3 is 0 Å². The highest BCUT2D eigenvalue weighted by Crippen LogP contribution is 2.04. The fourth-order valence-corrected chi connectivity index (χ4v) is 7.10. The van der Waals surface area contributed by atoms with Crippen molar-refractivity contribution in [2.45, 2.75) is 130 Å². The van der Waals surface area contributed by atoms with Gasteiger partial charge in [-0.1, -0.05) is 27.7 Å². The van der Waals surface area contributed by atoms with Crippen LogP contribution in [0.2, 0.25) is 0 Å². The summed E-state index contributed by atoms with van der Waals surface area (Å²) >= 11 is 0. The molecule has 86 heavy (non-hydrogen) atoms. The maximum absolute atomic E-state index is 12.1. The molecule has 0 radical (unpaired) electrons. The Morgan fingerprint density at radius 1 is 0.209 bits per heavy atom. The van der Waals surface area contributed by atoms with Crippen molar-refractivity contribution in [3.8, 4) is 0 Å². The van der Waals surface area contributed by atoms with Crippen molar-refractivity contribution in [1.29, 1.82) is 0 Å². The second-order valence-electron chi connectivity index (χ2n) is 21.0. The molecule has 0 saturated carbocycles. The molecule has 0 aliphatic carbocycles. The van der Waals surface area contributed by atoms with Gasteiger partial charge in [0.1, 0.15) is 52.9 Å². The second kappa shape index (κ2) is 64.7. The predicted octanol–water partition coefficient (Wildman–Crippen LogP) is 5.36. The van der Waals surface area contributed by atoms with Crippen LogP contribution < -0.4 is 0 Å². The van der Waals surface area contributed by atoms with Crippen LogP contribution in [0.1, 0.15) is 130 Å².